The quantitative estimate of drug-likeness (QED) is 0.405. The van der Waals surface area contributed by atoms with Crippen molar-refractivity contribution in [2.24, 2.45) is 0 Å². The van der Waals surface area contributed by atoms with Crippen LogP contribution < -0.4 is 5.32 Å². The summed E-state index contributed by atoms with van der Waals surface area (Å²) in [5.41, 5.74) is 0.574. The van der Waals surface area contributed by atoms with Crippen LogP contribution in [0.5, 0.6) is 11.5 Å². The number of aromatic hydroxyl groups is 2. The molecule has 4 N–H and O–H groups in total. The molecule has 4 nitrogen and oxygen atoms in total. The Morgan fingerprint density at radius 3 is 2.43 bits per heavy atom. The number of benzene rings is 1. The first-order chi connectivity index (χ1) is 6.15. The third-order valence-electron chi connectivity index (χ3n) is 1.78. The van der Waals surface area contributed by atoms with E-state index in [9.17, 15) is 5.11 Å². The van der Waals surface area contributed by atoms with Crippen molar-refractivity contribution >= 4 is 29.6 Å². The van der Waals surface area contributed by atoms with E-state index in [1.54, 1.807) is 13.1 Å². The van der Waals surface area contributed by atoms with Crippen molar-refractivity contribution in [2.45, 2.75) is 6.10 Å². The van der Waals surface area contributed by atoms with E-state index in [1.807, 2.05) is 0 Å². The van der Waals surface area contributed by atoms with Crippen LogP contribution in [0.1, 0.15) is 11.7 Å². The van der Waals surface area contributed by atoms with Crippen LogP contribution in [0, 0.1) is 0 Å². The number of nitrogens with one attached hydrogen (secondary N) is 1. The van der Waals surface area contributed by atoms with Crippen LogP contribution in [0.4, 0.5) is 0 Å². The zero-order valence-electron chi connectivity index (χ0n) is 7.36. The van der Waals surface area contributed by atoms with Crippen molar-refractivity contribution in [3.63, 3.8) is 0 Å². The Balaban J connectivity index is 0.00000169. The van der Waals surface area contributed by atoms with Crippen LogP contribution in [0.3, 0.4) is 0 Å². The van der Waals surface area contributed by atoms with Gasteiger partial charge in [0.05, 0.1) is 6.10 Å². The van der Waals surface area contributed by atoms with Gasteiger partial charge in [-0.25, -0.2) is 0 Å². The molecule has 0 aliphatic rings. The van der Waals surface area contributed by atoms with Gasteiger partial charge in [0.2, 0.25) is 0 Å². The van der Waals surface area contributed by atoms with Gasteiger partial charge in [-0.15, -0.1) is 0 Å². The molecule has 0 heterocycles. The molecule has 0 amide bonds. The molecule has 1 aromatic carbocycles. The second-order valence-electron chi connectivity index (χ2n) is 2.82. The van der Waals surface area contributed by atoms with Gasteiger partial charge in [0, 0.05) is 6.54 Å². The van der Waals surface area contributed by atoms with Crippen LogP contribution >= 0.6 is 0 Å². The number of hydrogen-bond donors (Lipinski definition) is 4. The number of rotatable bonds is 3. The van der Waals surface area contributed by atoms with Crippen molar-refractivity contribution < 1.29 is 15.3 Å². The van der Waals surface area contributed by atoms with E-state index in [-0.39, 0.29) is 41.1 Å². The summed E-state index contributed by atoms with van der Waals surface area (Å²) in [6.45, 7) is 0.407. The summed E-state index contributed by atoms with van der Waals surface area (Å²) < 4.78 is 0. The van der Waals surface area contributed by atoms with Crippen molar-refractivity contribution in [3.05, 3.63) is 23.8 Å². The summed E-state index contributed by atoms with van der Waals surface area (Å²) in [6, 6.07) is 4.26. The minimum atomic E-state index is -0.670. The summed E-state index contributed by atoms with van der Waals surface area (Å²) in [6.07, 6.45) is -0.670. The fraction of sp³-hybridized carbons (Fsp3) is 0.333. The molecule has 1 rings (SSSR count). The summed E-state index contributed by atoms with van der Waals surface area (Å²) >= 11 is 0. The van der Waals surface area contributed by atoms with Gasteiger partial charge in [0.1, 0.15) is 0 Å². The molecule has 14 heavy (non-hydrogen) atoms. The van der Waals surface area contributed by atoms with Crippen molar-refractivity contribution in [1.29, 1.82) is 0 Å². The zero-order chi connectivity index (χ0) is 9.84. The van der Waals surface area contributed by atoms with E-state index in [2.05, 4.69) is 5.32 Å². The van der Waals surface area contributed by atoms with Gasteiger partial charge in [-0.05, 0) is 24.7 Å². The molecule has 0 fully saturated rings. The van der Waals surface area contributed by atoms with E-state index >= 15 is 0 Å². The third-order valence-corrected chi connectivity index (χ3v) is 1.78. The Morgan fingerprint density at radius 1 is 1.29 bits per heavy atom. The number of likely N-dealkylation sites (N-methyl/N-ethyl adjacent to an activating group) is 1. The van der Waals surface area contributed by atoms with Crippen LogP contribution in [0.25, 0.3) is 0 Å². The van der Waals surface area contributed by atoms with Crippen molar-refractivity contribution in [1.82, 2.24) is 5.32 Å². The van der Waals surface area contributed by atoms with Gasteiger partial charge in [-0.2, -0.15) is 0 Å². The first kappa shape index (κ1) is 13.7. The topological polar surface area (TPSA) is 72.7 Å². The average Bonchev–Trinajstić information content (AvgIpc) is 2.10. The summed E-state index contributed by atoms with van der Waals surface area (Å²) in [5.74, 6) is -0.395. The van der Waals surface area contributed by atoms with E-state index in [4.69, 9.17) is 10.2 Å². The van der Waals surface area contributed by atoms with Gasteiger partial charge in [0.25, 0.3) is 0 Å². The molecule has 1 atom stereocenters. The molecule has 74 valence electrons. The number of hydrogen-bond acceptors (Lipinski definition) is 4. The molecule has 0 radical (unpaired) electrons. The Morgan fingerprint density at radius 2 is 1.93 bits per heavy atom. The number of aliphatic hydroxyl groups is 1. The number of aliphatic hydroxyl groups excluding tert-OH is 1. The van der Waals surface area contributed by atoms with Crippen LogP contribution in [0.15, 0.2) is 18.2 Å². The maximum absolute atomic E-state index is 9.48. The predicted molar refractivity (Wildman–Crippen MR) is 55.8 cm³/mol. The fourth-order valence-corrected chi connectivity index (χ4v) is 1.06. The standard InChI is InChI=1S/C9H13NO3.Na.H/c1-10-5-9(13)6-2-3-7(11)8(12)4-6;;/h2-4,9-13H,5H2,1H3;;. The van der Waals surface area contributed by atoms with E-state index in [1.165, 1.54) is 12.1 Å². The molecule has 0 aliphatic heterocycles. The number of phenols is 2. The van der Waals surface area contributed by atoms with Crippen molar-refractivity contribution in [2.75, 3.05) is 13.6 Å². The molecule has 1 aromatic rings. The van der Waals surface area contributed by atoms with Gasteiger partial charge < -0.3 is 20.6 Å². The molecule has 0 bridgehead atoms. The first-order valence-corrected chi connectivity index (χ1v) is 3.99. The van der Waals surface area contributed by atoms with E-state index in [0.717, 1.165) is 0 Å². The SMILES string of the molecule is CNCC(O)c1ccc(O)c(O)c1.[NaH]. The molecule has 0 spiro atoms. The van der Waals surface area contributed by atoms with Crippen LogP contribution in [-0.4, -0.2) is 58.5 Å². The second-order valence-corrected chi connectivity index (χ2v) is 2.82. The van der Waals surface area contributed by atoms with E-state index < -0.39 is 6.10 Å². The van der Waals surface area contributed by atoms with Gasteiger partial charge in [0.15, 0.2) is 11.5 Å². The molecular weight excluding hydrogens is 193 g/mol. The van der Waals surface area contributed by atoms with Gasteiger partial charge in [-0.1, -0.05) is 6.07 Å². The second kappa shape index (κ2) is 6.27. The number of phenolic OH excluding ortho intramolecular Hbond substituents is 2. The fourth-order valence-electron chi connectivity index (χ4n) is 1.06. The Kier molecular flexibility index (Phi) is 6.15. The molecule has 0 saturated carbocycles. The van der Waals surface area contributed by atoms with Crippen LogP contribution in [-0.2, 0) is 0 Å². The monoisotopic (exact) mass is 207 g/mol. The molecule has 0 saturated heterocycles. The summed E-state index contributed by atoms with van der Waals surface area (Å²) in [4.78, 5) is 0. The summed E-state index contributed by atoms with van der Waals surface area (Å²) in [7, 11) is 1.73. The maximum atomic E-state index is 9.48. The van der Waals surface area contributed by atoms with Gasteiger partial charge >= 0.3 is 29.6 Å². The van der Waals surface area contributed by atoms with Gasteiger partial charge in [-0.3, -0.25) is 0 Å². The van der Waals surface area contributed by atoms with E-state index in [0.29, 0.717) is 12.1 Å². The molecule has 1 unspecified atom stereocenters. The predicted octanol–water partition coefficient (Wildman–Crippen LogP) is -0.298. The van der Waals surface area contributed by atoms with Crippen LogP contribution in [0.2, 0.25) is 0 Å². The van der Waals surface area contributed by atoms with Crippen molar-refractivity contribution in [3.8, 4) is 11.5 Å². The minimum absolute atomic E-state index is 0. The Labute approximate surface area is 105 Å². The average molecular weight is 207 g/mol. The zero-order valence-corrected chi connectivity index (χ0v) is 7.36. The molecule has 0 aromatic heterocycles. The normalized spacial score (nSPS) is 11.9. The third kappa shape index (κ3) is 3.48. The first-order valence-electron chi connectivity index (χ1n) is 3.99. The Bertz CT molecular complexity index is 293. The molecular formula is C9H14NNaO3. The molecule has 0 aliphatic carbocycles. The molecule has 5 heteroatoms. The Hall–Kier alpha value is -0.260. The summed E-state index contributed by atoms with van der Waals surface area (Å²) in [5, 5.41) is 30.4.